The van der Waals surface area contributed by atoms with Crippen LogP contribution in [0.2, 0.25) is 0 Å². The van der Waals surface area contributed by atoms with E-state index < -0.39 is 5.97 Å². The molecule has 0 N–H and O–H groups in total. The van der Waals surface area contributed by atoms with Gasteiger partial charge in [0.1, 0.15) is 18.7 Å². The quantitative estimate of drug-likeness (QED) is 0.398. The molecule has 0 bridgehead atoms. The lowest BCUT2D eigenvalue weighted by molar-refractivity contribution is -0.117. The van der Waals surface area contributed by atoms with Crippen LogP contribution in [0.15, 0.2) is 42.5 Å². The summed E-state index contributed by atoms with van der Waals surface area (Å²) in [6, 6.07) is 8.67. The second-order valence-corrected chi connectivity index (χ2v) is 4.94. The maximum absolute atomic E-state index is 11.8. The van der Waals surface area contributed by atoms with Gasteiger partial charge < -0.3 is 14.3 Å². The monoisotopic (exact) mass is 288 g/mol. The Morgan fingerprint density at radius 3 is 2.52 bits per heavy atom. The van der Waals surface area contributed by atoms with E-state index in [2.05, 4.69) is 6.58 Å². The van der Waals surface area contributed by atoms with E-state index in [9.17, 15) is 14.4 Å². The third-order valence-corrected chi connectivity index (χ3v) is 3.20. The van der Waals surface area contributed by atoms with Crippen LogP contribution in [-0.2, 0) is 14.3 Å². The van der Waals surface area contributed by atoms with Crippen molar-refractivity contribution in [1.82, 2.24) is 0 Å². The van der Waals surface area contributed by atoms with Gasteiger partial charge in [-0.25, -0.2) is 4.79 Å². The summed E-state index contributed by atoms with van der Waals surface area (Å²) in [5.41, 5.74) is 1.13. The largest absolute Gasteiger partial charge is 0.458 e. The summed E-state index contributed by atoms with van der Waals surface area (Å²) in [6.45, 7) is 5.44. The number of carbonyl (C=O) groups excluding carboxylic acids is 3. The van der Waals surface area contributed by atoms with Crippen molar-refractivity contribution in [1.29, 1.82) is 0 Å². The predicted molar refractivity (Wildman–Crippen MR) is 80.0 cm³/mol. The van der Waals surface area contributed by atoms with Crippen molar-refractivity contribution in [2.45, 2.75) is 26.2 Å². The predicted octanol–water partition coefficient (Wildman–Crippen LogP) is 2.97. The molecule has 0 saturated carbocycles. The average Bonchev–Trinajstić information content (AvgIpc) is 2.49. The Morgan fingerprint density at radius 2 is 1.95 bits per heavy atom. The van der Waals surface area contributed by atoms with Gasteiger partial charge in [0, 0.05) is 12.8 Å². The van der Waals surface area contributed by atoms with E-state index >= 15 is 0 Å². The molecule has 0 heterocycles. The van der Waals surface area contributed by atoms with Crippen LogP contribution < -0.4 is 0 Å². The lowest BCUT2D eigenvalue weighted by Gasteiger charge is -2.16. The van der Waals surface area contributed by atoms with Crippen LogP contribution in [0.25, 0.3) is 0 Å². The van der Waals surface area contributed by atoms with Crippen molar-refractivity contribution in [2.75, 3.05) is 6.61 Å². The smallest absolute Gasteiger partial charge is 0.338 e. The number of ketones is 1. The fraction of sp³-hybridized carbons (Fsp3) is 0.353. The number of Topliss-reactive ketones (excluding diaryl/α,β-unsaturated/α-hetero) is 1. The molecule has 1 rings (SSSR count). The maximum Gasteiger partial charge on any atom is 0.338 e. The van der Waals surface area contributed by atoms with E-state index in [0.29, 0.717) is 24.0 Å². The van der Waals surface area contributed by atoms with Gasteiger partial charge in [0.2, 0.25) is 0 Å². The molecule has 1 aromatic rings. The summed E-state index contributed by atoms with van der Waals surface area (Å²) in [4.78, 5) is 33.5. The van der Waals surface area contributed by atoms with Crippen molar-refractivity contribution in [3.05, 3.63) is 48.0 Å². The zero-order valence-electron chi connectivity index (χ0n) is 12.2. The summed E-state index contributed by atoms with van der Waals surface area (Å²) < 4.78 is 5.18. The van der Waals surface area contributed by atoms with E-state index in [4.69, 9.17) is 4.74 Å². The minimum atomic E-state index is -0.423. The molecular formula is C17H20O4. The van der Waals surface area contributed by atoms with Gasteiger partial charge >= 0.3 is 5.97 Å². The normalized spacial score (nSPS) is 11.5. The van der Waals surface area contributed by atoms with Crippen LogP contribution in [0.4, 0.5) is 0 Å². The standard InChI is InChI=1S/C17H20O4/c1-13(15(10-11-18)9-8-14(2)19)12-21-17(20)16-6-4-3-5-7-16/h3-7,11,15H,1,8-10,12H2,2H3. The maximum atomic E-state index is 11.8. The first-order chi connectivity index (χ1) is 10.0. The number of rotatable bonds is 9. The van der Waals surface area contributed by atoms with E-state index in [-0.39, 0.29) is 24.7 Å². The van der Waals surface area contributed by atoms with Crippen molar-refractivity contribution >= 4 is 18.0 Å². The lowest BCUT2D eigenvalue weighted by Crippen LogP contribution is -2.14. The summed E-state index contributed by atoms with van der Waals surface area (Å²) in [7, 11) is 0. The van der Waals surface area contributed by atoms with E-state index in [1.54, 1.807) is 24.3 Å². The third-order valence-electron chi connectivity index (χ3n) is 3.20. The number of aldehydes is 1. The second kappa shape index (κ2) is 8.84. The van der Waals surface area contributed by atoms with Crippen molar-refractivity contribution < 1.29 is 19.1 Å². The molecule has 1 atom stereocenters. The summed E-state index contributed by atoms with van der Waals surface area (Å²) in [6.07, 6.45) is 2.03. The van der Waals surface area contributed by atoms with Crippen LogP contribution in [0.1, 0.15) is 36.5 Å². The highest BCUT2D eigenvalue weighted by atomic mass is 16.5. The molecule has 112 valence electrons. The molecule has 0 aliphatic carbocycles. The van der Waals surface area contributed by atoms with Crippen LogP contribution in [-0.4, -0.2) is 24.6 Å². The molecule has 4 heteroatoms. The van der Waals surface area contributed by atoms with Gasteiger partial charge in [-0.2, -0.15) is 0 Å². The van der Waals surface area contributed by atoms with E-state index in [1.807, 2.05) is 6.07 Å². The molecule has 1 aromatic carbocycles. The molecule has 0 radical (unpaired) electrons. The van der Waals surface area contributed by atoms with Crippen LogP contribution >= 0.6 is 0 Å². The third kappa shape index (κ3) is 6.17. The number of benzene rings is 1. The molecule has 1 unspecified atom stereocenters. The Bertz CT molecular complexity index is 505. The molecular weight excluding hydrogens is 268 g/mol. The number of hydrogen-bond donors (Lipinski definition) is 0. The molecule has 0 aliphatic heterocycles. The van der Waals surface area contributed by atoms with Crippen molar-refractivity contribution in [3.8, 4) is 0 Å². The van der Waals surface area contributed by atoms with Gasteiger partial charge in [-0.3, -0.25) is 0 Å². The first-order valence-corrected chi connectivity index (χ1v) is 6.87. The minimum absolute atomic E-state index is 0.0597. The molecule has 4 nitrogen and oxygen atoms in total. The van der Waals surface area contributed by atoms with E-state index in [1.165, 1.54) is 6.92 Å². The Labute approximate surface area is 124 Å². The van der Waals surface area contributed by atoms with Crippen LogP contribution in [0, 0.1) is 5.92 Å². The molecule has 0 saturated heterocycles. The number of ether oxygens (including phenoxy) is 1. The van der Waals surface area contributed by atoms with Gasteiger partial charge in [-0.15, -0.1) is 0 Å². The lowest BCUT2D eigenvalue weighted by atomic mass is 9.92. The van der Waals surface area contributed by atoms with Crippen molar-refractivity contribution in [3.63, 3.8) is 0 Å². The average molecular weight is 288 g/mol. The Balaban J connectivity index is 2.51. The number of esters is 1. The molecule has 0 aliphatic rings. The molecule has 0 aromatic heterocycles. The highest BCUT2D eigenvalue weighted by Crippen LogP contribution is 2.20. The zero-order chi connectivity index (χ0) is 15.7. The Kier molecular flexibility index (Phi) is 7.09. The molecule has 0 spiro atoms. The minimum Gasteiger partial charge on any atom is -0.458 e. The zero-order valence-corrected chi connectivity index (χ0v) is 12.2. The van der Waals surface area contributed by atoms with Crippen LogP contribution in [0.5, 0.6) is 0 Å². The van der Waals surface area contributed by atoms with Crippen molar-refractivity contribution in [2.24, 2.45) is 5.92 Å². The fourth-order valence-corrected chi connectivity index (χ4v) is 1.92. The first kappa shape index (κ1) is 16.8. The summed E-state index contributed by atoms with van der Waals surface area (Å²) >= 11 is 0. The highest BCUT2D eigenvalue weighted by molar-refractivity contribution is 5.89. The van der Waals surface area contributed by atoms with Crippen LogP contribution in [0.3, 0.4) is 0 Å². The molecule has 0 fully saturated rings. The fourth-order valence-electron chi connectivity index (χ4n) is 1.92. The van der Waals surface area contributed by atoms with Gasteiger partial charge in [-0.05, 0) is 37.0 Å². The van der Waals surface area contributed by atoms with Gasteiger partial charge in [0.15, 0.2) is 0 Å². The summed E-state index contributed by atoms with van der Waals surface area (Å²) in [5, 5.41) is 0. The Morgan fingerprint density at radius 1 is 1.29 bits per heavy atom. The SMILES string of the molecule is C=C(COC(=O)c1ccccc1)C(CC=O)CCC(C)=O. The van der Waals surface area contributed by atoms with Gasteiger partial charge in [0.05, 0.1) is 5.56 Å². The number of carbonyl (C=O) groups is 3. The molecule has 0 amide bonds. The van der Waals surface area contributed by atoms with E-state index in [0.717, 1.165) is 6.29 Å². The first-order valence-electron chi connectivity index (χ1n) is 6.87. The second-order valence-electron chi connectivity index (χ2n) is 4.94. The number of hydrogen-bond acceptors (Lipinski definition) is 4. The van der Waals surface area contributed by atoms with Gasteiger partial charge in [-0.1, -0.05) is 24.8 Å². The van der Waals surface area contributed by atoms with Gasteiger partial charge in [0.25, 0.3) is 0 Å². The molecule has 21 heavy (non-hydrogen) atoms. The topological polar surface area (TPSA) is 60.4 Å². The Hall–Kier alpha value is -2.23. The highest BCUT2D eigenvalue weighted by Gasteiger charge is 2.15. The summed E-state index contributed by atoms with van der Waals surface area (Å²) in [5.74, 6) is -0.483.